The lowest BCUT2D eigenvalue weighted by atomic mass is 9.87. The van der Waals surface area contributed by atoms with E-state index in [9.17, 15) is 40.2 Å². The Labute approximate surface area is 165 Å². The second kappa shape index (κ2) is 9.36. The highest BCUT2D eigenvalue weighted by atomic mass is 16.8. The van der Waals surface area contributed by atoms with Crippen LogP contribution in [-0.4, -0.2) is 107 Å². The molecule has 0 aliphatic heterocycles. The Morgan fingerprint density at radius 1 is 0.786 bits per heavy atom. The molecule has 0 fully saturated rings. The number of rotatable bonds is 11. The second-order valence-electron chi connectivity index (χ2n) is 5.19. The minimum atomic E-state index is -4.31. The molecule has 0 bridgehead atoms. The minimum Gasteiger partial charge on any atom is -0.430 e. The van der Waals surface area contributed by atoms with Gasteiger partial charge in [-0.05, 0) is 0 Å². The number of aliphatic hydroxyl groups is 6. The van der Waals surface area contributed by atoms with Gasteiger partial charge in [-0.2, -0.15) is 0 Å². The molecule has 0 heterocycles. The number of carbonyl (C=O) groups is 2. The number of esters is 2. The molecule has 6 N–H and O–H groups in total. The van der Waals surface area contributed by atoms with E-state index < -0.39 is 76.0 Å². The number of hydrogen-bond acceptors (Lipinski definition) is 14. The summed E-state index contributed by atoms with van der Waals surface area (Å²) in [6, 6.07) is 0. The van der Waals surface area contributed by atoms with Crippen LogP contribution in [0.1, 0.15) is 19.3 Å². The minimum absolute atomic E-state index is 0.615. The topological polar surface area (TPSA) is 211 Å². The Balaban J connectivity index is 7.22. The van der Waals surface area contributed by atoms with Crippen molar-refractivity contribution >= 4 is 11.9 Å². The fourth-order valence-electron chi connectivity index (χ4n) is 2.08. The highest BCUT2D eigenvalue weighted by Crippen LogP contribution is 2.45. The molecule has 0 spiro atoms. The third kappa shape index (κ3) is 4.11. The quantitative estimate of drug-likeness (QED) is 0.139. The van der Waals surface area contributed by atoms with E-state index in [1.807, 2.05) is 0 Å². The van der Waals surface area contributed by atoms with Crippen LogP contribution in [0.15, 0.2) is 0 Å². The normalized spacial score (nSPS) is 24.4. The summed E-state index contributed by atoms with van der Waals surface area (Å²) in [5.41, 5.74) is 0. The van der Waals surface area contributed by atoms with Crippen LogP contribution >= 0.6 is 0 Å². The molecule has 0 aromatic carbocycles. The van der Waals surface area contributed by atoms with Crippen LogP contribution < -0.4 is 0 Å². The third-order valence-electron chi connectivity index (χ3n) is 3.47. The van der Waals surface area contributed by atoms with Crippen LogP contribution in [0.3, 0.4) is 0 Å². The van der Waals surface area contributed by atoms with Crippen LogP contribution in [0.4, 0.5) is 0 Å². The first-order chi connectivity index (χ1) is 14.7. The number of ether oxygens (including phenoxy) is 6. The molecule has 0 aliphatic carbocycles. The molecule has 14 nitrogen and oxygen atoms in total. The maximum absolute atomic E-state index is 11.5. The highest BCUT2D eigenvalue weighted by Gasteiger charge is 2.79. The van der Waals surface area contributed by atoms with Crippen molar-refractivity contribution in [3.05, 3.63) is 0 Å². The van der Waals surface area contributed by atoms with Crippen molar-refractivity contribution in [2.45, 2.75) is 49.6 Å². The van der Waals surface area contributed by atoms with Crippen LogP contribution in [0.25, 0.3) is 0 Å². The Kier molecular flexibility index (Phi) is 6.63. The summed E-state index contributed by atoms with van der Waals surface area (Å²) in [5, 5.41) is 64.0. The average molecular weight is 422 g/mol. The van der Waals surface area contributed by atoms with E-state index in [0.29, 0.717) is 13.8 Å². The highest BCUT2D eigenvalue weighted by molar-refractivity contribution is 5.66. The molecule has 0 radical (unpaired) electrons. The molecule has 6 atom stereocenters. The molecule has 0 amide bonds. The summed E-state index contributed by atoms with van der Waals surface area (Å²) in [5.74, 6) is -19.6. The van der Waals surface area contributed by atoms with Gasteiger partial charge in [-0.3, -0.25) is 9.59 Å². The lowest BCUT2D eigenvalue weighted by Gasteiger charge is -2.53. The predicted molar refractivity (Wildman–Crippen MR) is 83.4 cm³/mol. The maximum atomic E-state index is 11.5. The third-order valence-corrected chi connectivity index (χ3v) is 3.47. The molecule has 0 saturated carbocycles. The van der Waals surface area contributed by atoms with Crippen LogP contribution in [0, 0.1) is 0 Å². The van der Waals surface area contributed by atoms with E-state index in [1.54, 1.807) is 0 Å². The van der Waals surface area contributed by atoms with Crippen molar-refractivity contribution in [1.82, 2.24) is 0 Å². The standard InChI is InChI=1S/C14H26O14/c1-7(15)27-10(18)11(19,24-4)13(21,25-5)14(22,26-6)12(20,9(17)23-3)28-8(2)16/h9-10,17-22H,1-6H3/t9?,10?,11-,12+,13+,14+/m1/s1/i3D,4D,5D,6D. The molecule has 0 aromatic rings. The van der Waals surface area contributed by atoms with Gasteiger partial charge in [-0.25, -0.2) is 0 Å². The van der Waals surface area contributed by atoms with Gasteiger partial charge in [0, 0.05) is 42.2 Å². The Morgan fingerprint density at radius 3 is 1.68 bits per heavy atom. The Hall–Kier alpha value is -1.46. The Morgan fingerprint density at radius 2 is 1.29 bits per heavy atom. The summed E-state index contributed by atoms with van der Waals surface area (Å²) in [4.78, 5) is 22.8. The summed E-state index contributed by atoms with van der Waals surface area (Å²) >= 11 is 0. The van der Waals surface area contributed by atoms with Crippen molar-refractivity contribution in [1.29, 1.82) is 0 Å². The SMILES string of the molecule is [2H]COC(O)[C@](O)(OC(C)=O)[C@](O)(OC[2H])[C@@](O)(OC[2H])[C@](O)(OC[2H])C(O)OC(C)=O. The van der Waals surface area contributed by atoms with Gasteiger partial charge < -0.3 is 59.1 Å². The molecule has 14 heteroatoms. The molecular formula is C14H26O14. The summed E-state index contributed by atoms with van der Waals surface area (Å²) in [6.45, 7) is 1.33. The van der Waals surface area contributed by atoms with Crippen LogP contribution in [0.5, 0.6) is 0 Å². The van der Waals surface area contributed by atoms with E-state index >= 15 is 0 Å². The summed E-state index contributed by atoms with van der Waals surface area (Å²) in [7, 11) is -5.49. The maximum Gasteiger partial charge on any atom is 0.322 e. The smallest absolute Gasteiger partial charge is 0.322 e. The van der Waals surface area contributed by atoms with Gasteiger partial charge >= 0.3 is 17.7 Å². The lowest BCUT2D eigenvalue weighted by Crippen LogP contribution is -2.83. The van der Waals surface area contributed by atoms with Gasteiger partial charge in [0.05, 0.1) is 5.48 Å². The first-order valence-electron chi connectivity index (χ1n) is 9.83. The summed E-state index contributed by atoms with van der Waals surface area (Å²) < 4.78 is 54.9. The molecule has 28 heavy (non-hydrogen) atoms. The van der Waals surface area contributed by atoms with Crippen molar-refractivity contribution in [2.75, 3.05) is 28.3 Å². The van der Waals surface area contributed by atoms with E-state index in [-0.39, 0.29) is 0 Å². The number of carbonyl (C=O) groups excluding carboxylic acids is 2. The van der Waals surface area contributed by atoms with Gasteiger partial charge in [-0.15, -0.1) is 0 Å². The van der Waals surface area contributed by atoms with E-state index in [0.717, 1.165) is 0 Å². The van der Waals surface area contributed by atoms with Gasteiger partial charge in [-0.1, -0.05) is 0 Å². The molecular weight excluding hydrogens is 392 g/mol. The zero-order valence-electron chi connectivity index (χ0n) is 18.9. The van der Waals surface area contributed by atoms with Gasteiger partial charge in [0.2, 0.25) is 6.29 Å². The van der Waals surface area contributed by atoms with E-state index in [4.69, 9.17) is 5.48 Å². The zero-order valence-corrected chi connectivity index (χ0v) is 14.9. The molecule has 0 rings (SSSR count). The largest absolute Gasteiger partial charge is 0.430 e. The first kappa shape index (κ1) is 19.8. The van der Waals surface area contributed by atoms with Crippen molar-refractivity contribution in [3.63, 3.8) is 0 Å². The van der Waals surface area contributed by atoms with Gasteiger partial charge in [0.1, 0.15) is 0 Å². The molecule has 0 aromatic heterocycles. The predicted octanol–water partition coefficient (Wildman–Crippen LogP) is -3.91. The van der Waals surface area contributed by atoms with E-state index in [2.05, 4.69) is 28.4 Å². The van der Waals surface area contributed by atoms with Crippen molar-refractivity contribution < 1.29 is 74.1 Å². The Bertz CT molecular complexity index is 630. The average Bonchev–Trinajstić information content (AvgIpc) is 2.66. The molecule has 166 valence electrons. The number of aliphatic hydroxyl groups excluding tert-OH is 2. The summed E-state index contributed by atoms with van der Waals surface area (Å²) in [6.07, 6.45) is -6.04. The molecule has 0 aliphatic rings. The first-order valence-corrected chi connectivity index (χ1v) is 7.00. The number of methoxy groups -OCH3 is 4. The van der Waals surface area contributed by atoms with Gasteiger partial charge in [0.15, 0.2) is 0 Å². The van der Waals surface area contributed by atoms with Gasteiger partial charge in [0.25, 0.3) is 23.7 Å². The fourth-order valence-corrected chi connectivity index (χ4v) is 2.08. The zero-order chi connectivity index (χ0) is 25.4. The second-order valence-corrected chi connectivity index (χ2v) is 5.19. The van der Waals surface area contributed by atoms with Crippen LogP contribution in [-0.2, 0) is 38.0 Å². The van der Waals surface area contributed by atoms with Crippen molar-refractivity contribution in [2.24, 2.45) is 0 Å². The molecule has 0 saturated heterocycles. The van der Waals surface area contributed by atoms with Crippen LogP contribution in [0.2, 0.25) is 0 Å². The monoisotopic (exact) mass is 422 g/mol. The molecule has 2 unspecified atom stereocenters. The fraction of sp³-hybridized carbons (Fsp3) is 0.857. The van der Waals surface area contributed by atoms with Crippen molar-refractivity contribution in [3.8, 4) is 0 Å². The van der Waals surface area contributed by atoms with E-state index in [1.165, 1.54) is 0 Å². The lowest BCUT2D eigenvalue weighted by molar-refractivity contribution is -0.544. The number of hydrogen-bond donors (Lipinski definition) is 6.